The summed E-state index contributed by atoms with van der Waals surface area (Å²) in [5.74, 6) is -0.250. The zero-order chi connectivity index (χ0) is 22.9. The Morgan fingerprint density at radius 2 is 1.55 bits per heavy atom. The molecule has 7 nitrogen and oxygen atoms in total. The second kappa shape index (κ2) is 8.60. The Balaban J connectivity index is 1.33. The maximum absolute atomic E-state index is 13.1. The van der Waals surface area contributed by atoms with Crippen molar-refractivity contribution in [3.05, 3.63) is 93.9 Å². The number of fused-ring (bicyclic) bond motifs is 1. The third-order valence-electron chi connectivity index (χ3n) is 5.90. The van der Waals surface area contributed by atoms with Crippen molar-refractivity contribution in [2.24, 2.45) is 0 Å². The van der Waals surface area contributed by atoms with Crippen LogP contribution < -0.4 is 10.5 Å². The molecule has 2 heterocycles. The van der Waals surface area contributed by atoms with E-state index in [4.69, 9.17) is 11.6 Å². The maximum Gasteiger partial charge on any atom is 0.292 e. The molecule has 1 amide bonds. The molecule has 0 unspecified atom stereocenters. The molecule has 1 N–H and O–H groups in total. The molecule has 1 aliphatic heterocycles. The highest BCUT2D eigenvalue weighted by Crippen LogP contribution is 2.28. The number of anilines is 1. The first kappa shape index (κ1) is 21.0. The lowest BCUT2D eigenvalue weighted by Crippen LogP contribution is -2.49. The van der Waals surface area contributed by atoms with Crippen molar-refractivity contribution in [3.63, 3.8) is 0 Å². The van der Waals surface area contributed by atoms with Gasteiger partial charge >= 0.3 is 0 Å². The summed E-state index contributed by atoms with van der Waals surface area (Å²) in [6.45, 7) is 1.86. The predicted molar refractivity (Wildman–Crippen MR) is 129 cm³/mol. The fourth-order valence-corrected chi connectivity index (χ4v) is 4.37. The van der Waals surface area contributed by atoms with Crippen molar-refractivity contribution >= 4 is 34.0 Å². The van der Waals surface area contributed by atoms with Gasteiger partial charge in [-0.2, -0.15) is 9.78 Å². The van der Waals surface area contributed by atoms with Gasteiger partial charge in [0, 0.05) is 26.2 Å². The minimum Gasteiger partial charge on any atom is -0.507 e. The number of carbonyl (C=O) groups excluding carboxylic acids is 1. The highest BCUT2D eigenvalue weighted by molar-refractivity contribution is 6.33. The second-order valence-corrected chi connectivity index (χ2v) is 8.27. The number of para-hydroxylation sites is 1. The van der Waals surface area contributed by atoms with Gasteiger partial charge < -0.3 is 14.9 Å². The Morgan fingerprint density at radius 3 is 2.24 bits per heavy atom. The molecular weight excluding hydrogens is 440 g/mol. The number of nitrogens with zero attached hydrogens (tertiary/aromatic N) is 4. The largest absolute Gasteiger partial charge is 0.507 e. The molecule has 3 aromatic carbocycles. The fraction of sp³-hybridized carbons (Fsp3) is 0.160. The Hall–Kier alpha value is -3.84. The van der Waals surface area contributed by atoms with Gasteiger partial charge in [-0.05, 0) is 35.0 Å². The number of halogens is 1. The molecule has 0 bridgehead atoms. The van der Waals surface area contributed by atoms with E-state index in [1.165, 1.54) is 4.68 Å². The van der Waals surface area contributed by atoms with E-state index in [1.54, 1.807) is 35.4 Å². The molecule has 0 atom stereocenters. The zero-order valence-corrected chi connectivity index (χ0v) is 18.4. The second-order valence-electron chi connectivity index (χ2n) is 7.89. The van der Waals surface area contributed by atoms with Gasteiger partial charge in [0.1, 0.15) is 10.8 Å². The van der Waals surface area contributed by atoms with Crippen LogP contribution in [0.3, 0.4) is 0 Å². The Bertz CT molecular complexity index is 1400. The molecule has 1 fully saturated rings. The van der Waals surface area contributed by atoms with Crippen LogP contribution in [0.15, 0.2) is 77.7 Å². The van der Waals surface area contributed by atoms with Crippen molar-refractivity contribution < 1.29 is 9.90 Å². The van der Waals surface area contributed by atoms with Crippen molar-refractivity contribution in [1.29, 1.82) is 0 Å². The van der Waals surface area contributed by atoms with Crippen LogP contribution in [0.4, 0.5) is 5.69 Å². The summed E-state index contributed by atoms with van der Waals surface area (Å²) in [5, 5.41) is 16.6. The van der Waals surface area contributed by atoms with E-state index in [0.29, 0.717) is 37.6 Å². The molecule has 4 aromatic rings. The number of hydrogen-bond acceptors (Lipinski definition) is 5. The van der Waals surface area contributed by atoms with Crippen molar-refractivity contribution in [2.45, 2.75) is 0 Å². The molecule has 5 rings (SSSR count). The first-order valence-corrected chi connectivity index (χ1v) is 11.0. The minimum absolute atomic E-state index is 0.0297. The number of amides is 1. The standard InChI is InChI=1S/C25H21ClN4O3/c26-23-21(16-27-30(25(23)33)19-8-2-1-3-9-19)28-10-12-29(13-11-28)24(32)20-14-17-6-4-5-7-18(17)15-22(20)31/h1-9,14-16,31H,10-13H2. The van der Waals surface area contributed by atoms with Crippen LogP contribution in [-0.2, 0) is 0 Å². The summed E-state index contributed by atoms with van der Waals surface area (Å²) in [4.78, 5) is 29.5. The molecule has 8 heteroatoms. The van der Waals surface area contributed by atoms with Gasteiger partial charge in [0.15, 0.2) is 0 Å². The zero-order valence-electron chi connectivity index (χ0n) is 17.7. The fourth-order valence-electron chi connectivity index (χ4n) is 4.12. The predicted octanol–water partition coefficient (Wildman–Crippen LogP) is 3.71. The third kappa shape index (κ3) is 3.91. The molecule has 1 aromatic heterocycles. The molecule has 0 radical (unpaired) electrons. The number of rotatable bonds is 3. The number of phenols is 1. The van der Waals surface area contributed by atoms with Gasteiger partial charge in [-0.25, -0.2) is 0 Å². The number of aromatic hydroxyl groups is 1. The van der Waals surface area contributed by atoms with Crippen molar-refractivity contribution in [2.75, 3.05) is 31.1 Å². The van der Waals surface area contributed by atoms with Crippen LogP contribution in [0.5, 0.6) is 5.75 Å². The third-order valence-corrected chi connectivity index (χ3v) is 6.26. The molecule has 1 saturated heterocycles. The average molecular weight is 461 g/mol. The summed E-state index contributed by atoms with van der Waals surface area (Å²) in [5.41, 5.74) is 1.09. The van der Waals surface area contributed by atoms with Gasteiger partial charge in [0.05, 0.1) is 23.1 Å². The normalized spacial score (nSPS) is 14.0. The van der Waals surface area contributed by atoms with Crippen molar-refractivity contribution in [3.8, 4) is 11.4 Å². The summed E-state index contributed by atoms with van der Waals surface area (Å²) in [6.07, 6.45) is 1.59. The van der Waals surface area contributed by atoms with E-state index in [1.807, 2.05) is 47.4 Å². The van der Waals surface area contributed by atoms with Crippen LogP contribution in [0.1, 0.15) is 10.4 Å². The first-order valence-electron chi connectivity index (χ1n) is 10.6. The lowest BCUT2D eigenvalue weighted by Gasteiger charge is -2.36. The van der Waals surface area contributed by atoms with Crippen LogP contribution in [0.2, 0.25) is 5.02 Å². The number of piperazine rings is 1. The van der Waals surface area contributed by atoms with Crippen LogP contribution >= 0.6 is 11.6 Å². The average Bonchev–Trinajstić information content (AvgIpc) is 2.85. The Morgan fingerprint density at radius 1 is 0.909 bits per heavy atom. The highest BCUT2D eigenvalue weighted by Gasteiger charge is 2.26. The number of benzene rings is 3. The molecule has 33 heavy (non-hydrogen) atoms. The first-order chi connectivity index (χ1) is 16.0. The summed E-state index contributed by atoms with van der Waals surface area (Å²) >= 11 is 6.42. The number of hydrogen-bond donors (Lipinski definition) is 1. The van der Waals surface area contributed by atoms with E-state index in [2.05, 4.69) is 5.10 Å². The van der Waals surface area contributed by atoms with Gasteiger partial charge in [-0.3, -0.25) is 9.59 Å². The number of phenolic OH excluding ortho intramolecular Hbond substituents is 1. The van der Waals surface area contributed by atoms with Crippen LogP contribution in [-0.4, -0.2) is 51.9 Å². The molecule has 0 spiro atoms. The van der Waals surface area contributed by atoms with Gasteiger partial charge in [0.2, 0.25) is 0 Å². The van der Waals surface area contributed by atoms with E-state index in [9.17, 15) is 14.7 Å². The van der Waals surface area contributed by atoms with E-state index >= 15 is 0 Å². The molecular formula is C25H21ClN4O3. The van der Waals surface area contributed by atoms with Gasteiger partial charge in [-0.15, -0.1) is 0 Å². The molecule has 0 saturated carbocycles. The monoisotopic (exact) mass is 460 g/mol. The minimum atomic E-state index is -0.389. The van der Waals surface area contributed by atoms with E-state index in [0.717, 1.165) is 10.8 Å². The molecule has 1 aliphatic rings. The summed E-state index contributed by atoms with van der Waals surface area (Å²) in [6, 6.07) is 20.0. The van der Waals surface area contributed by atoms with Crippen molar-refractivity contribution in [1.82, 2.24) is 14.7 Å². The van der Waals surface area contributed by atoms with E-state index < -0.39 is 0 Å². The topological polar surface area (TPSA) is 78.7 Å². The van der Waals surface area contributed by atoms with Gasteiger partial charge in [0.25, 0.3) is 11.5 Å². The van der Waals surface area contributed by atoms with E-state index in [-0.39, 0.29) is 27.8 Å². The lowest BCUT2D eigenvalue weighted by molar-refractivity contribution is 0.0744. The summed E-state index contributed by atoms with van der Waals surface area (Å²) in [7, 11) is 0. The SMILES string of the molecule is O=C(c1cc2ccccc2cc1O)N1CCN(c2cnn(-c3ccccc3)c(=O)c2Cl)CC1. The Kier molecular flexibility index (Phi) is 5.48. The number of carbonyl (C=O) groups is 1. The summed E-state index contributed by atoms with van der Waals surface area (Å²) < 4.78 is 1.27. The maximum atomic E-state index is 13.1. The number of aromatic nitrogens is 2. The molecule has 0 aliphatic carbocycles. The quantitative estimate of drug-likeness (QED) is 0.504. The van der Waals surface area contributed by atoms with Gasteiger partial charge in [-0.1, -0.05) is 54.1 Å². The Labute approximate surface area is 195 Å². The molecule has 166 valence electrons. The smallest absolute Gasteiger partial charge is 0.292 e. The van der Waals surface area contributed by atoms with Crippen LogP contribution in [0, 0.1) is 0 Å². The highest BCUT2D eigenvalue weighted by atomic mass is 35.5. The lowest BCUT2D eigenvalue weighted by atomic mass is 10.0. The van der Waals surface area contributed by atoms with Crippen LogP contribution in [0.25, 0.3) is 16.5 Å².